The van der Waals surface area contributed by atoms with E-state index in [-0.39, 0.29) is 28.7 Å². The molecule has 1 aromatic heterocycles. The van der Waals surface area contributed by atoms with Crippen molar-refractivity contribution >= 4 is 21.6 Å². The van der Waals surface area contributed by atoms with Gasteiger partial charge in [0.25, 0.3) is 5.91 Å². The van der Waals surface area contributed by atoms with Gasteiger partial charge in [-0.15, -0.1) is 0 Å². The zero-order valence-corrected chi connectivity index (χ0v) is 19.1. The Kier molecular flexibility index (Phi) is 9.22. The SMILES string of the molecule is CCOc1ccc(NC(=O)c2cccnc2OCCOC)cc1S(=O)(=O)N(CC)CC. The number of carbonyl (C=O) groups excluding carboxylic acids is 1. The van der Waals surface area contributed by atoms with E-state index in [9.17, 15) is 13.2 Å². The molecule has 0 spiro atoms. The molecule has 0 aliphatic heterocycles. The molecule has 9 nitrogen and oxygen atoms in total. The number of hydrogen-bond donors (Lipinski definition) is 1. The van der Waals surface area contributed by atoms with Gasteiger partial charge in [0, 0.05) is 32.1 Å². The Morgan fingerprint density at radius 3 is 2.48 bits per heavy atom. The highest BCUT2D eigenvalue weighted by atomic mass is 32.2. The van der Waals surface area contributed by atoms with E-state index in [1.165, 1.54) is 22.6 Å². The lowest BCUT2D eigenvalue weighted by Gasteiger charge is -2.21. The number of nitrogens with zero attached hydrogens (tertiary/aromatic N) is 2. The predicted molar refractivity (Wildman–Crippen MR) is 117 cm³/mol. The van der Waals surface area contributed by atoms with Gasteiger partial charge in [-0.05, 0) is 37.3 Å². The van der Waals surface area contributed by atoms with Crippen LogP contribution in [0, 0.1) is 0 Å². The first kappa shape index (κ1) is 24.6. The van der Waals surface area contributed by atoms with Crippen molar-refractivity contribution in [2.75, 3.05) is 45.3 Å². The first-order valence-electron chi connectivity index (χ1n) is 10.0. The Morgan fingerprint density at radius 2 is 1.84 bits per heavy atom. The van der Waals surface area contributed by atoms with Crippen LogP contribution in [-0.4, -0.2) is 63.6 Å². The van der Waals surface area contributed by atoms with E-state index >= 15 is 0 Å². The number of ether oxygens (including phenoxy) is 3. The summed E-state index contributed by atoms with van der Waals surface area (Å²) in [6.07, 6.45) is 1.52. The monoisotopic (exact) mass is 451 g/mol. The van der Waals surface area contributed by atoms with Crippen molar-refractivity contribution in [2.45, 2.75) is 25.7 Å². The molecule has 170 valence electrons. The fourth-order valence-electron chi connectivity index (χ4n) is 2.86. The predicted octanol–water partition coefficient (Wildman–Crippen LogP) is 2.79. The minimum atomic E-state index is -3.79. The number of carbonyl (C=O) groups is 1. The summed E-state index contributed by atoms with van der Waals surface area (Å²) >= 11 is 0. The highest BCUT2D eigenvalue weighted by Gasteiger charge is 2.26. The van der Waals surface area contributed by atoms with E-state index in [0.29, 0.717) is 32.0 Å². The second-order valence-electron chi connectivity index (χ2n) is 6.34. The lowest BCUT2D eigenvalue weighted by atomic mass is 10.2. The first-order chi connectivity index (χ1) is 14.9. The molecule has 0 aliphatic carbocycles. The topological polar surface area (TPSA) is 107 Å². The molecule has 0 fully saturated rings. The van der Waals surface area contributed by atoms with E-state index in [2.05, 4.69) is 10.3 Å². The molecule has 0 bridgehead atoms. The number of methoxy groups -OCH3 is 1. The summed E-state index contributed by atoms with van der Waals surface area (Å²) in [5.41, 5.74) is 0.534. The number of hydrogen-bond acceptors (Lipinski definition) is 7. The van der Waals surface area contributed by atoms with Crippen LogP contribution in [-0.2, 0) is 14.8 Å². The minimum absolute atomic E-state index is 0.00129. The van der Waals surface area contributed by atoms with Gasteiger partial charge in [-0.3, -0.25) is 4.79 Å². The average molecular weight is 452 g/mol. The number of amides is 1. The van der Waals surface area contributed by atoms with Crippen LogP contribution in [0.3, 0.4) is 0 Å². The standard InChI is InChI=1S/C21H29N3O6S/c1-5-24(6-2)31(26,27)19-15-16(10-11-18(19)29-7-3)23-20(25)17-9-8-12-22-21(17)30-14-13-28-4/h8-12,15H,5-7,13-14H2,1-4H3,(H,23,25). The molecule has 1 heterocycles. The van der Waals surface area contributed by atoms with Crippen LogP contribution in [0.25, 0.3) is 0 Å². The number of pyridine rings is 1. The molecule has 0 aliphatic rings. The van der Waals surface area contributed by atoms with Gasteiger partial charge in [0.2, 0.25) is 15.9 Å². The maximum Gasteiger partial charge on any atom is 0.261 e. The smallest absolute Gasteiger partial charge is 0.261 e. The Labute approximate surface area is 183 Å². The van der Waals surface area contributed by atoms with Gasteiger partial charge in [0.15, 0.2) is 0 Å². The Morgan fingerprint density at radius 1 is 1.10 bits per heavy atom. The molecule has 1 N–H and O–H groups in total. The van der Waals surface area contributed by atoms with Gasteiger partial charge < -0.3 is 19.5 Å². The normalized spacial score (nSPS) is 11.4. The lowest BCUT2D eigenvalue weighted by molar-refractivity contribution is 0.101. The van der Waals surface area contributed by atoms with Crippen molar-refractivity contribution in [1.29, 1.82) is 0 Å². The summed E-state index contributed by atoms with van der Waals surface area (Å²) in [7, 11) is -2.25. The summed E-state index contributed by atoms with van der Waals surface area (Å²) in [5.74, 6) is -0.0767. The summed E-state index contributed by atoms with van der Waals surface area (Å²) in [6.45, 7) is 6.84. The van der Waals surface area contributed by atoms with Crippen LogP contribution in [0.4, 0.5) is 5.69 Å². The van der Waals surface area contributed by atoms with E-state index in [4.69, 9.17) is 14.2 Å². The third-order valence-corrected chi connectivity index (χ3v) is 6.44. The summed E-state index contributed by atoms with van der Waals surface area (Å²) in [5, 5.41) is 2.72. The molecule has 2 aromatic rings. The van der Waals surface area contributed by atoms with Crippen LogP contribution in [0.5, 0.6) is 11.6 Å². The number of sulfonamides is 1. The van der Waals surface area contributed by atoms with Crippen molar-refractivity contribution in [3.05, 3.63) is 42.1 Å². The molecule has 1 aromatic carbocycles. The van der Waals surface area contributed by atoms with Gasteiger partial charge in [0.05, 0.1) is 13.2 Å². The van der Waals surface area contributed by atoms with Crippen LogP contribution in [0.15, 0.2) is 41.4 Å². The molecule has 0 saturated heterocycles. The number of anilines is 1. The van der Waals surface area contributed by atoms with Crippen molar-refractivity contribution in [1.82, 2.24) is 9.29 Å². The average Bonchev–Trinajstić information content (AvgIpc) is 2.76. The maximum absolute atomic E-state index is 13.1. The molecule has 10 heteroatoms. The van der Waals surface area contributed by atoms with E-state index < -0.39 is 15.9 Å². The fourth-order valence-corrected chi connectivity index (χ4v) is 4.48. The van der Waals surface area contributed by atoms with Gasteiger partial charge in [-0.1, -0.05) is 13.8 Å². The quantitative estimate of drug-likeness (QED) is 0.495. The Balaban J connectivity index is 2.36. The number of benzene rings is 1. The van der Waals surface area contributed by atoms with Crippen LogP contribution < -0.4 is 14.8 Å². The second-order valence-corrected chi connectivity index (χ2v) is 8.24. The molecule has 0 unspecified atom stereocenters. The maximum atomic E-state index is 13.1. The van der Waals surface area contributed by atoms with Gasteiger partial charge >= 0.3 is 0 Å². The summed E-state index contributed by atoms with van der Waals surface area (Å²) < 4.78 is 43.5. The first-order valence-corrected chi connectivity index (χ1v) is 11.5. The zero-order valence-electron chi connectivity index (χ0n) is 18.3. The molecule has 2 rings (SSSR count). The van der Waals surface area contributed by atoms with Crippen LogP contribution in [0.1, 0.15) is 31.1 Å². The highest BCUT2D eigenvalue weighted by Crippen LogP contribution is 2.30. The summed E-state index contributed by atoms with van der Waals surface area (Å²) in [4.78, 5) is 16.9. The fraction of sp³-hybridized carbons (Fsp3) is 0.429. The van der Waals surface area contributed by atoms with E-state index in [0.717, 1.165) is 0 Å². The van der Waals surface area contributed by atoms with Crippen LogP contribution >= 0.6 is 0 Å². The lowest BCUT2D eigenvalue weighted by Crippen LogP contribution is -2.31. The van der Waals surface area contributed by atoms with Crippen molar-refractivity contribution in [3.63, 3.8) is 0 Å². The highest BCUT2D eigenvalue weighted by molar-refractivity contribution is 7.89. The Hall–Kier alpha value is -2.69. The molecule has 0 radical (unpaired) electrons. The van der Waals surface area contributed by atoms with E-state index in [1.807, 2.05) is 0 Å². The third kappa shape index (κ3) is 6.16. The summed E-state index contributed by atoms with van der Waals surface area (Å²) in [6, 6.07) is 7.72. The Bertz CT molecular complexity index is 977. The second kappa shape index (κ2) is 11.6. The molecular formula is C21H29N3O6S. The van der Waals surface area contributed by atoms with E-state index in [1.54, 1.807) is 46.1 Å². The minimum Gasteiger partial charge on any atom is -0.492 e. The van der Waals surface area contributed by atoms with Crippen LogP contribution in [0.2, 0.25) is 0 Å². The van der Waals surface area contributed by atoms with Crippen molar-refractivity contribution in [2.24, 2.45) is 0 Å². The van der Waals surface area contributed by atoms with Gasteiger partial charge in [-0.25, -0.2) is 13.4 Å². The molecular weight excluding hydrogens is 422 g/mol. The zero-order chi connectivity index (χ0) is 22.9. The third-order valence-electron chi connectivity index (χ3n) is 4.37. The van der Waals surface area contributed by atoms with Crippen molar-refractivity contribution < 1.29 is 27.4 Å². The van der Waals surface area contributed by atoms with Gasteiger partial charge in [0.1, 0.15) is 22.8 Å². The molecule has 0 atom stereocenters. The largest absolute Gasteiger partial charge is 0.492 e. The number of rotatable bonds is 12. The molecule has 1 amide bonds. The number of nitrogens with one attached hydrogen (secondary N) is 1. The number of aromatic nitrogens is 1. The van der Waals surface area contributed by atoms with Crippen molar-refractivity contribution in [3.8, 4) is 11.6 Å². The molecule has 0 saturated carbocycles. The van der Waals surface area contributed by atoms with Gasteiger partial charge in [-0.2, -0.15) is 4.31 Å². The molecule has 31 heavy (non-hydrogen) atoms.